The van der Waals surface area contributed by atoms with Gasteiger partial charge in [-0.05, 0) is 6.42 Å². The average Bonchev–Trinajstić information content (AvgIpc) is 2.13. The molecule has 0 unspecified atom stereocenters. The normalized spacial score (nSPS) is 11.9. The lowest BCUT2D eigenvalue weighted by Crippen LogP contribution is -2.48. The van der Waals surface area contributed by atoms with Crippen LogP contribution in [0, 0.1) is 0 Å². The Morgan fingerprint density at radius 2 is 2.07 bits per heavy atom. The molecule has 0 aliphatic carbocycles. The summed E-state index contributed by atoms with van der Waals surface area (Å²) in [5.74, 6) is -1.24. The number of carbonyl (C=O) groups excluding carboxylic acids is 1. The van der Waals surface area contributed by atoms with Crippen molar-refractivity contribution >= 4 is 12.0 Å². The first-order valence-electron chi connectivity index (χ1n) is 4.38. The van der Waals surface area contributed by atoms with E-state index < -0.39 is 24.6 Å². The number of nitrogens with zero attached hydrogens (tertiary/aromatic N) is 1. The van der Waals surface area contributed by atoms with E-state index >= 15 is 0 Å². The van der Waals surface area contributed by atoms with Crippen molar-refractivity contribution in [1.82, 2.24) is 10.2 Å². The quantitative estimate of drug-likeness (QED) is 0.562. The van der Waals surface area contributed by atoms with Crippen LogP contribution in [0.15, 0.2) is 0 Å². The monoisotopic (exact) mass is 204 g/mol. The average molecular weight is 204 g/mol. The lowest BCUT2D eigenvalue weighted by Gasteiger charge is -2.19. The molecule has 6 heteroatoms. The summed E-state index contributed by atoms with van der Waals surface area (Å²) >= 11 is 0. The number of hydrogen-bond donors (Lipinski definition) is 3. The molecule has 2 amide bonds. The van der Waals surface area contributed by atoms with E-state index in [1.54, 1.807) is 7.05 Å². The Morgan fingerprint density at radius 1 is 1.50 bits per heavy atom. The van der Waals surface area contributed by atoms with Crippen LogP contribution in [-0.4, -0.2) is 53.4 Å². The van der Waals surface area contributed by atoms with Crippen LogP contribution in [0.25, 0.3) is 0 Å². The number of carbonyl (C=O) groups is 2. The lowest BCUT2D eigenvalue weighted by atomic mass is 10.3. The third kappa shape index (κ3) is 4.08. The van der Waals surface area contributed by atoms with Crippen LogP contribution in [0.2, 0.25) is 0 Å². The van der Waals surface area contributed by atoms with Gasteiger partial charge in [-0.1, -0.05) is 6.92 Å². The SMILES string of the molecule is CCCN(C)C(=O)N[C@H](CO)C(=O)O. The summed E-state index contributed by atoms with van der Waals surface area (Å²) in [6.07, 6.45) is 0.792. The second kappa shape index (κ2) is 6.20. The second-order valence-corrected chi connectivity index (χ2v) is 2.94. The van der Waals surface area contributed by atoms with Crippen molar-refractivity contribution in [3.63, 3.8) is 0 Å². The van der Waals surface area contributed by atoms with Crippen LogP contribution < -0.4 is 5.32 Å². The Labute approximate surface area is 82.5 Å². The van der Waals surface area contributed by atoms with Gasteiger partial charge in [0.15, 0.2) is 6.04 Å². The number of amides is 2. The highest BCUT2D eigenvalue weighted by Gasteiger charge is 2.20. The first-order valence-corrected chi connectivity index (χ1v) is 4.38. The van der Waals surface area contributed by atoms with Gasteiger partial charge in [-0.2, -0.15) is 0 Å². The molecule has 0 fully saturated rings. The highest BCUT2D eigenvalue weighted by Crippen LogP contribution is 1.90. The maximum atomic E-state index is 11.2. The summed E-state index contributed by atoms with van der Waals surface area (Å²) in [5.41, 5.74) is 0. The van der Waals surface area contributed by atoms with E-state index in [0.29, 0.717) is 6.54 Å². The minimum Gasteiger partial charge on any atom is -0.480 e. The Bertz CT molecular complexity index is 208. The van der Waals surface area contributed by atoms with Gasteiger partial charge < -0.3 is 20.4 Å². The van der Waals surface area contributed by atoms with Gasteiger partial charge in [-0.15, -0.1) is 0 Å². The van der Waals surface area contributed by atoms with Gasteiger partial charge in [0.05, 0.1) is 6.61 Å². The van der Waals surface area contributed by atoms with Crippen LogP contribution in [0.1, 0.15) is 13.3 Å². The Morgan fingerprint density at radius 3 is 2.43 bits per heavy atom. The van der Waals surface area contributed by atoms with E-state index in [2.05, 4.69) is 5.32 Å². The second-order valence-electron chi connectivity index (χ2n) is 2.94. The summed E-state index contributed by atoms with van der Waals surface area (Å²) in [4.78, 5) is 23.1. The number of urea groups is 1. The highest BCUT2D eigenvalue weighted by molar-refractivity contribution is 5.82. The first-order chi connectivity index (χ1) is 6.52. The number of aliphatic hydroxyl groups is 1. The molecule has 1 atom stereocenters. The van der Waals surface area contributed by atoms with E-state index in [-0.39, 0.29) is 0 Å². The molecule has 0 saturated carbocycles. The third-order valence-electron chi connectivity index (χ3n) is 1.68. The van der Waals surface area contributed by atoms with Gasteiger partial charge in [0, 0.05) is 13.6 Å². The molecule has 0 rings (SSSR count). The van der Waals surface area contributed by atoms with Crippen molar-refractivity contribution in [2.24, 2.45) is 0 Å². The minimum absolute atomic E-state index is 0.492. The Hall–Kier alpha value is -1.30. The summed E-state index contributed by atoms with van der Waals surface area (Å²) in [7, 11) is 1.56. The fourth-order valence-electron chi connectivity index (χ4n) is 0.882. The summed E-state index contributed by atoms with van der Waals surface area (Å²) in [6.45, 7) is 1.84. The molecule has 0 bridgehead atoms. The summed E-state index contributed by atoms with van der Waals surface area (Å²) < 4.78 is 0. The fourth-order valence-corrected chi connectivity index (χ4v) is 0.882. The number of aliphatic carboxylic acids is 1. The van der Waals surface area contributed by atoms with Crippen molar-refractivity contribution in [3.05, 3.63) is 0 Å². The van der Waals surface area contributed by atoms with Crippen LogP contribution in [-0.2, 0) is 4.79 Å². The molecule has 0 radical (unpaired) electrons. The van der Waals surface area contributed by atoms with E-state index in [4.69, 9.17) is 10.2 Å². The molecule has 0 spiro atoms. The zero-order chi connectivity index (χ0) is 11.1. The molecule has 0 saturated heterocycles. The van der Waals surface area contributed by atoms with Crippen molar-refractivity contribution < 1.29 is 19.8 Å². The van der Waals surface area contributed by atoms with Gasteiger partial charge in [-0.3, -0.25) is 0 Å². The molecule has 0 aliphatic rings. The van der Waals surface area contributed by atoms with E-state index in [0.717, 1.165) is 6.42 Å². The molecular weight excluding hydrogens is 188 g/mol. The molecule has 6 nitrogen and oxygen atoms in total. The molecule has 3 N–H and O–H groups in total. The third-order valence-corrected chi connectivity index (χ3v) is 1.68. The predicted octanol–water partition coefficient (Wildman–Crippen LogP) is -0.517. The number of carboxylic acid groups (broad SMARTS) is 1. The van der Waals surface area contributed by atoms with Crippen LogP contribution >= 0.6 is 0 Å². The van der Waals surface area contributed by atoms with E-state index in [9.17, 15) is 9.59 Å². The lowest BCUT2D eigenvalue weighted by molar-refractivity contribution is -0.140. The number of carboxylic acids is 1. The van der Waals surface area contributed by atoms with Crippen molar-refractivity contribution in [2.75, 3.05) is 20.2 Å². The molecular formula is C8H16N2O4. The van der Waals surface area contributed by atoms with Crippen molar-refractivity contribution in [2.45, 2.75) is 19.4 Å². The van der Waals surface area contributed by atoms with Gasteiger partial charge in [-0.25, -0.2) is 9.59 Å². The number of nitrogens with one attached hydrogen (secondary N) is 1. The van der Waals surface area contributed by atoms with Crippen molar-refractivity contribution in [1.29, 1.82) is 0 Å². The molecule has 0 aromatic rings. The zero-order valence-corrected chi connectivity index (χ0v) is 8.36. The Balaban J connectivity index is 4.08. The van der Waals surface area contributed by atoms with Crippen molar-refractivity contribution in [3.8, 4) is 0 Å². The number of rotatable bonds is 5. The maximum Gasteiger partial charge on any atom is 0.328 e. The van der Waals surface area contributed by atoms with E-state index in [1.165, 1.54) is 4.90 Å². The topological polar surface area (TPSA) is 89.9 Å². The maximum absolute atomic E-state index is 11.2. The molecule has 14 heavy (non-hydrogen) atoms. The van der Waals surface area contributed by atoms with Gasteiger partial charge in [0.1, 0.15) is 0 Å². The number of aliphatic hydroxyl groups excluding tert-OH is 1. The molecule has 0 aliphatic heterocycles. The fraction of sp³-hybridized carbons (Fsp3) is 0.750. The summed E-state index contributed by atoms with van der Waals surface area (Å²) in [6, 6.07) is -1.73. The minimum atomic E-state index is -1.24. The number of hydrogen-bond acceptors (Lipinski definition) is 3. The van der Waals surface area contributed by atoms with Gasteiger partial charge >= 0.3 is 12.0 Å². The first kappa shape index (κ1) is 12.7. The molecule has 82 valence electrons. The smallest absolute Gasteiger partial charge is 0.328 e. The Kier molecular flexibility index (Phi) is 5.62. The van der Waals surface area contributed by atoms with Crippen LogP contribution in [0.5, 0.6) is 0 Å². The largest absolute Gasteiger partial charge is 0.480 e. The van der Waals surface area contributed by atoms with Gasteiger partial charge in [0.2, 0.25) is 0 Å². The predicted molar refractivity (Wildman–Crippen MR) is 50.0 cm³/mol. The standard InChI is InChI=1S/C8H16N2O4/c1-3-4-10(2)8(14)9-6(5-11)7(12)13/h6,11H,3-5H2,1-2H3,(H,9,14)(H,12,13)/t6-/m1/s1. The molecule has 0 aromatic carbocycles. The van der Waals surface area contributed by atoms with E-state index in [1.807, 2.05) is 6.92 Å². The van der Waals surface area contributed by atoms with Crippen LogP contribution in [0.3, 0.4) is 0 Å². The van der Waals surface area contributed by atoms with Crippen LogP contribution in [0.4, 0.5) is 4.79 Å². The van der Waals surface area contributed by atoms with Gasteiger partial charge in [0.25, 0.3) is 0 Å². The highest BCUT2D eigenvalue weighted by atomic mass is 16.4. The molecule has 0 heterocycles. The zero-order valence-electron chi connectivity index (χ0n) is 8.36. The summed E-state index contributed by atoms with van der Waals surface area (Å²) in [5, 5.41) is 19.4. The molecule has 0 aromatic heterocycles.